The van der Waals surface area contributed by atoms with Crippen LogP contribution in [0.4, 0.5) is 0 Å². The summed E-state index contributed by atoms with van der Waals surface area (Å²) in [6, 6.07) is 3.80. The average molecular weight is 189 g/mol. The van der Waals surface area contributed by atoms with Crippen molar-refractivity contribution in [2.45, 2.75) is 12.8 Å². The molecule has 0 radical (unpaired) electrons. The van der Waals surface area contributed by atoms with Crippen molar-refractivity contribution in [3.05, 3.63) is 17.7 Å². The average Bonchev–Trinajstić information content (AvgIpc) is 2.65. The summed E-state index contributed by atoms with van der Waals surface area (Å²) < 4.78 is 5.14. The van der Waals surface area contributed by atoms with E-state index in [1.807, 2.05) is 12.1 Å². The van der Waals surface area contributed by atoms with Gasteiger partial charge in [-0.15, -0.1) is 0 Å². The van der Waals surface area contributed by atoms with Crippen LogP contribution in [0, 0.1) is 0 Å². The molecule has 0 bridgehead atoms. The summed E-state index contributed by atoms with van der Waals surface area (Å²) in [6.07, 6.45) is 1.16. The van der Waals surface area contributed by atoms with Crippen molar-refractivity contribution < 1.29 is 9.53 Å². The monoisotopic (exact) mass is 189 g/mol. The van der Waals surface area contributed by atoms with Gasteiger partial charge in [0.25, 0.3) is 0 Å². The van der Waals surface area contributed by atoms with Crippen LogP contribution in [0.5, 0.6) is 5.75 Å². The fourth-order valence-corrected chi connectivity index (χ4v) is 1.64. The Morgan fingerprint density at radius 1 is 1.29 bits per heavy atom. The Bertz CT molecular complexity index is 518. The molecule has 0 fully saturated rings. The van der Waals surface area contributed by atoms with Crippen molar-refractivity contribution in [1.29, 1.82) is 0 Å². The zero-order valence-electron chi connectivity index (χ0n) is 7.28. The smallest absolute Gasteiger partial charge is 0.311 e. The van der Waals surface area contributed by atoms with E-state index in [1.54, 1.807) is 0 Å². The van der Waals surface area contributed by atoms with E-state index < -0.39 is 0 Å². The lowest BCUT2D eigenvalue weighted by Gasteiger charge is -2.14. The Balaban J connectivity index is 2.31. The fraction of sp³-hybridized carbons (Fsp3) is 0.222. The summed E-state index contributed by atoms with van der Waals surface area (Å²) in [5, 5.41) is 10.4. The van der Waals surface area contributed by atoms with Gasteiger partial charge in [-0.3, -0.25) is 4.79 Å². The molecular formula is C9H7N3O2. The number of hydrogen-bond donors (Lipinski definition) is 1. The maximum Gasteiger partial charge on any atom is 0.311 e. The lowest BCUT2D eigenvalue weighted by Crippen LogP contribution is -2.15. The molecule has 1 aromatic carbocycles. The van der Waals surface area contributed by atoms with Crippen molar-refractivity contribution in [2.24, 2.45) is 0 Å². The van der Waals surface area contributed by atoms with Gasteiger partial charge in [-0.2, -0.15) is 15.4 Å². The van der Waals surface area contributed by atoms with E-state index in [2.05, 4.69) is 15.4 Å². The highest BCUT2D eigenvalue weighted by Crippen LogP contribution is 2.31. The molecule has 0 unspecified atom stereocenters. The van der Waals surface area contributed by atoms with Gasteiger partial charge >= 0.3 is 5.97 Å². The summed E-state index contributed by atoms with van der Waals surface area (Å²) >= 11 is 0. The van der Waals surface area contributed by atoms with Crippen molar-refractivity contribution >= 4 is 17.0 Å². The first-order chi connectivity index (χ1) is 6.84. The number of carbonyl (C=O) groups is 1. The van der Waals surface area contributed by atoms with Crippen LogP contribution in [0.25, 0.3) is 11.0 Å². The van der Waals surface area contributed by atoms with Gasteiger partial charge in [0.05, 0.1) is 6.42 Å². The number of aromatic nitrogens is 3. The number of nitrogens with one attached hydrogen (secondary N) is 1. The van der Waals surface area contributed by atoms with Gasteiger partial charge in [0.15, 0.2) is 11.3 Å². The first-order valence-electron chi connectivity index (χ1n) is 4.37. The highest BCUT2D eigenvalue weighted by atomic mass is 16.5. The number of fused-ring (bicyclic) bond motifs is 3. The van der Waals surface area contributed by atoms with E-state index in [9.17, 15) is 4.79 Å². The normalized spacial score (nSPS) is 15.3. The number of aromatic amines is 1. The number of nitrogens with zero attached hydrogens (tertiary/aromatic N) is 2. The van der Waals surface area contributed by atoms with Gasteiger partial charge in [-0.05, 0) is 18.1 Å². The molecule has 0 atom stereocenters. The molecule has 0 saturated heterocycles. The third-order valence-electron chi connectivity index (χ3n) is 2.34. The van der Waals surface area contributed by atoms with Crippen LogP contribution in [0.2, 0.25) is 0 Å². The Labute approximate surface area is 79.1 Å². The summed E-state index contributed by atoms with van der Waals surface area (Å²) in [6.45, 7) is 0. The molecule has 3 rings (SSSR count). The topological polar surface area (TPSA) is 67.9 Å². The maximum atomic E-state index is 11.1. The highest BCUT2D eigenvalue weighted by Gasteiger charge is 2.20. The molecule has 70 valence electrons. The van der Waals surface area contributed by atoms with Gasteiger partial charge in [0.2, 0.25) is 0 Å². The van der Waals surface area contributed by atoms with Crippen LogP contribution in [0.15, 0.2) is 12.1 Å². The molecule has 1 N–H and O–H groups in total. The van der Waals surface area contributed by atoms with Crippen molar-refractivity contribution in [1.82, 2.24) is 15.4 Å². The van der Waals surface area contributed by atoms with Gasteiger partial charge < -0.3 is 4.74 Å². The molecule has 0 saturated carbocycles. The lowest BCUT2D eigenvalue weighted by atomic mass is 10.1. The van der Waals surface area contributed by atoms with Crippen molar-refractivity contribution in [3.63, 3.8) is 0 Å². The van der Waals surface area contributed by atoms with E-state index in [0.29, 0.717) is 17.7 Å². The van der Waals surface area contributed by atoms with E-state index in [-0.39, 0.29) is 5.97 Å². The standard InChI is InChI=1S/C9H7N3O2/c13-7-4-2-5-1-3-6-8(9(5)14-7)11-12-10-6/h1,3H,2,4H2,(H,10,11,12). The van der Waals surface area contributed by atoms with Crippen LogP contribution >= 0.6 is 0 Å². The van der Waals surface area contributed by atoms with Gasteiger partial charge in [0, 0.05) is 0 Å². The van der Waals surface area contributed by atoms with Crippen LogP contribution in [-0.4, -0.2) is 21.4 Å². The maximum absolute atomic E-state index is 11.1. The second kappa shape index (κ2) is 2.54. The minimum Gasteiger partial charge on any atom is -0.424 e. The number of aryl methyl sites for hydroxylation is 1. The quantitative estimate of drug-likeness (QED) is 0.492. The minimum absolute atomic E-state index is 0.201. The second-order valence-corrected chi connectivity index (χ2v) is 3.22. The molecule has 2 heterocycles. The molecule has 5 heteroatoms. The molecule has 1 aliphatic rings. The predicted molar refractivity (Wildman–Crippen MR) is 47.8 cm³/mol. The largest absolute Gasteiger partial charge is 0.424 e. The molecule has 1 aromatic heterocycles. The number of carbonyl (C=O) groups excluding carboxylic acids is 1. The molecule has 1 aliphatic heterocycles. The second-order valence-electron chi connectivity index (χ2n) is 3.22. The molecule has 14 heavy (non-hydrogen) atoms. The molecule has 2 aromatic rings. The lowest BCUT2D eigenvalue weighted by molar-refractivity contribution is -0.135. The van der Waals surface area contributed by atoms with Crippen molar-refractivity contribution in [3.8, 4) is 5.75 Å². The number of rotatable bonds is 0. The molecule has 0 amide bonds. The number of H-pyrrole nitrogens is 1. The Morgan fingerprint density at radius 2 is 2.21 bits per heavy atom. The highest BCUT2D eigenvalue weighted by molar-refractivity contribution is 5.87. The zero-order chi connectivity index (χ0) is 9.54. The third kappa shape index (κ3) is 0.921. The Morgan fingerprint density at radius 3 is 3.14 bits per heavy atom. The number of benzene rings is 1. The molecule has 5 nitrogen and oxygen atoms in total. The number of esters is 1. The van der Waals surface area contributed by atoms with Crippen LogP contribution in [-0.2, 0) is 11.2 Å². The first-order valence-corrected chi connectivity index (χ1v) is 4.37. The van der Waals surface area contributed by atoms with Crippen LogP contribution in [0.3, 0.4) is 0 Å². The molecule has 0 aliphatic carbocycles. The number of ether oxygens (including phenoxy) is 1. The van der Waals surface area contributed by atoms with E-state index >= 15 is 0 Å². The van der Waals surface area contributed by atoms with Crippen LogP contribution < -0.4 is 4.74 Å². The van der Waals surface area contributed by atoms with E-state index in [4.69, 9.17) is 4.74 Å². The van der Waals surface area contributed by atoms with E-state index in [0.717, 1.165) is 17.5 Å². The number of hydrogen-bond acceptors (Lipinski definition) is 4. The third-order valence-corrected chi connectivity index (χ3v) is 2.34. The minimum atomic E-state index is -0.201. The summed E-state index contributed by atoms with van der Waals surface area (Å²) in [5.74, 6) is 0.362. The Kier molecular flexibility index (Phi) is 1.36. The summed E-state index contributed by atoms with van der Waals surface area (Å²) in [7, 11) is 0. The molecule has 0 spiro atoms. The summed E-state index contributed by atoms with van der Waals surface area (Å²) in [4.78, 5) is 11.1. The SMILES string of the molecule is O=C1CCc2ccc3n[nH]nc3c2O1. The zero-order valence-corrected chi connectivity index (χ0v) is 7.28. The molecular weight excluding hydrogens is 182 g/mol. The van der Waals surface area contributed by atoms with Gasteiger partial charge in [-0.1, -0.05) is 6.07 Å². The van der Waals surface area contributed by atoms with Gasteiger partial charge in [-0.25, -0.2) is 0 Å². The van der Waals surface area contributed by atoms with Crippen molar-refractivity contribution in [2.75, 3.05) is 0 Å². The fourth-order valence-electron chi connectivity index (χ4n) is 1.64. The predicted octanol–water partition coefficient (Wildman–Crippen LogP) is 0.809. The van der Waals surface area contributed by atoms with Crippen LogP contribution in [0.1, 0.15) is 12.0 Å². The van der Waals surface area contributed by atoms with Gasteiger partial charge in [0.1, 0.15) is 5.52 Å². The van der Waals surface area contributed by atoms with E-state index in [1.165, 1.54) is 0 Å². The first kappa shape index (κ1) is 7.49. The summed E-state index contributed by atoms with van der Waals surface area (Å²) in [5.41, 5.74) is 2.38. The Hall–Kier alpha value is -1.91.